The van der Waals surface area contributed by atoms with Gasteiger partial charge in [0.15, 0.2) is 5.82 Å². The Morgan fingerprint density at radius 2 is 2.15 bits per heavy atom. The minimum atomic E-state index is 0.387. The maximum Gasteiger partial charge on any atom is 0.216 e. The number of hydrogen-bond acceptors (Lipinski definition) is 5. The van der Waals surface area contributed by atoms with E-state index in [1.807, 2.05) is 0 Å². The molecule has 0 aliphatic heterocycles. The van der Waals surface area contributed by atoms with Crippen molar-refractivity contribution < 1.29 is 9.47 Å². The normalized spacial score (nSPS) is 10.1. The van der Waals surface area contributed by atoms with Crippen LogP contribution in [-0.2, 0) is 17.1 Å². The summed E-state index contributed by atoms with van der Waals surface area (Å²) >= 11 is 4.13. The van der Waals surface area contributed by atoms with Gasteiger partial charge in [0.1, 0.15) is 6.61 Å². The lowest BCUT2D eigenvalue weighted by Gasteiger charge is -2.04. The van der Waals surface area contributed by atoms with Crippen LogP contribution >= 0.6 is 12.6 Å². The molecule has 0 radical (unpaired) electrons. The van der Waals surface area contributed by atoms with Crippen molar-refractivity contribution in [1.82, 2.24) is 9.97 Å². The van der Waals surface area contributed by atoms with Crippen molar-refractivity contribution in [3.8, 4) is 5.88 Å². The summed E-state index contributed by atoms with van der Waals surface area (Å²) in [6.45, 7) is 0.387. The van der Waals surface area contributed by atoms with E-state index < -0.39 is 0 Å². The summed E-state index contributed by atoms with van der Waals surface area (Å²) in [4.78, 5) is 8.29. The van der Waals surface area contributed by atoms with E-state index in [-0.39, 0.29) is 0 Å². The van der Waals surface area contributed by atoms with Gasteiger partial charge in [-0.2, -0.15) is 17.6 Å². The third-order valence-corrected chi connectivity index (χ3v) is 1.77. The molecule has 1 rings (SSSR count). The predicted octanol–water partition coefficient (Wildman–Crippen LogP) is 1.06. The average Bonchev–Trinajstić information content (AvgIpc) is 2.17. The SMILES string of the molecule is COCc1nc(CS)cc(OC)n1. The van der Waals surface area contributed by atoms with E-state index in [9.17, 15) is 0 Å². The average molecular weight is 200 g/mol. The van der Waals surface area contributed by atoms with Gasteiger partial charge in [0, 0.05) is 18.9 Å². The molecule has 72 valence electrons. The molecule has 0 saturated heterocycles. The van der Waals surface area contributed by atoms with Crippen molar-refractivity contribution >= 4 is 12.6 Å². The monoisotopic (exact) mass is 200 g/mol. The van der Waals surface area contributed by atoms with E-state index in [0.29, 0.717) is 24.1 Å². The van der Waals surface area contributed by atoms with Crippen LogP contribution in [0.4, 0.5) is 0 Å². The third kappa shape index (κ3) is 2.86. The number of hydrogen-bond donors (Lipinski definition) is 1. The Labute approximate surface area is 82.7 Å². The van der Waals surface area contributed by atoms with Crippen molar-refractivity contribution in [2.75, 3.05) is 14.2 Å². The van der Waals surface area contributed by atoms with Gasteiger partial charge in [0.2, 0.25) is 5.88 Å². The van der Waals surface area contributed by atoms with Crippen molar-refractivity contribution in [1.29, 1.82) is 0 Å². The second kappa shape index (κ2) is 5.04. The molecule has 0 aliphatic carbocycles. The van der Waals surface area contributed by atoms with Gasteiger partial charge in [-0.15, -0.1) is 0 Å². The first-order valence-corrected chi connectivity index (χ1v) is 4.44. The summed E-state index contributed by atoms with van der Waals surface area (Å²) in [5, 5.41) is 0. The zero-order valence-corrected chi connectivity index (χ0v) is 8.54. The fraction of sp³-hybridized carbons (Fsp3) is 0.500. The quantitative estimate of drug-likeness (QED) is 0.738. The molecule has 0 fully saturated rings. The van der Waals surface area contributed by atoms with E-state index >= 15 is 0 Å². The van der Waals surface area contributed by atoms with Gasteiger partial charge in [-0.1, -0.05) is 0 Å². The first-order valence-electron chi connectivity index (χ1n) is 3.80. The van der Waals surface area contributed by atoms with Crippen LogP contribution in [0.1, 0.15) is 11.5 Å². The molecular weight excluding hydrogens is 188 g/mol. The summed E-state index contributed by atoms with van der Waals surface area (Å²) in [6.07, 6.45) is 0. The van der Waals surface area contributed by atoms with E-state index in [2.05, 4.69) is 22.6 Å². The Morgan fingerprint density at radius 3 is 2.69 bits per heavy atom. The van der Waals surface area contributed by atoms with Gasteiger partial charge in [-0.25, -0.2) is 4.98 Å². The van der Waals surface area contributed by atoms with Crippen LogP contribution in [0.5, 0.6) is 5.88 Å². The minimum absolute atomic E-state index is 0.387. The van der Waals surface area contributed by atoms with Crippen LogP contribution in [0.3, 0.4) is 0 Å². The molecule has 0 saturated carbocycles. The maximum absolute atomic E-state index is 5.00. The van der Waals surface area contributed by atoms with Gasteiger partial charge < -0.3 is 9.47 Å². The van der Waals surface area contributed by atoms with Gasteiger partial charge in [-0.3, -0.25) is 0 Å². The summed E-state index contributed by atoms with van der Waals surface area (Å²) in [6, 6.07) is 1.76. The molecule has 0 unspecified atom stereocenters. The van der Waals surface area contributed by atoms with Crippen LogP contribution in [0, 0.1) is 0 Å². The van der Waals surface area contributed by atoms with Gasteiger partial charge in [0.25, 0.3) is 0 Å². The lowest BCUT2D eigenvalue weighted by molar-refractivity contribution is 0.176. The molecule has 0 N–H and O–H groups in total. The molecule has 0 amide bonds. The van der Waals surface area contributed by atoms with Gasteiger partial charge in [-0.05, 0) is 0 Å². The highest BCUT2D eigenvalue weighted by atomic mass is 32.1. The zero-order valence-electron chi connectivity index (χ0n) is 7.65. The highest BCUT2D eigenvalue weighted by Gasteiger charge is 2.02. The lowest BCUT2D eigenvalue weighted by Crippen LogP contribution is -2.01. The fourth-order valence-corrected chi connectivity index (χ4v) is 1.07. The highest BCUT2D eigenvalue weighted by Crippen LogP contribution is 2.10. The molecule has 1 aromatic heterocycles. The summed E-state index contributed by atoms with van der Waals surface area (Å²) in [5.74, 6) is 1.73. The number of rotatable bonds is 4. The smallest absolute Gasteiger partial charge is 0.216 e. The Morgan fingerprint density at radius 1 is 1.38 bits per heavy atom. The second-order valence-electron chi connectivity index (χ2n) is 2.41. The summed E-state index contributed by atoms with van der Waals surface area (Å²) < 4.78 is 9.92. The number of methoxy groups -OCH3 is 2. The number of nitrogens with zero attached hydrogens (tertiary/aromatic N) is 2. The Kier molecular flexibility index (Phi) is 3.98. The fourth-order valence-electron chi connectivity index (χ4n) is 0.904. The van der Waals surface area contributed by atoms with E-state index in [4.69, 9.17) is 9.47 Å². The molecule has 1 aromatic rings. The maximum atomic E-state index is 5.00. The van der Waals surface area contributed by atoms with Crippen LogP contribution < -0.4 is 4.74 Å². The topological polar surface area (TPSA) is 44.2 Å². The Bertz CT molecular complexity index is 259. The molecule has 0 aliphatic rings. The molecule has 13 heavy (non-hydrogen) atoms. The van der Waals surface area contributed by atoms with Crippen LogP contribution in [0.25, 0.3) is 0 Å². The predicted molar refractivity (Wildman–Crippen MR) is 52.0 cm³/mol. The van der Waals surface area contributed by atoms with Crippen LogP contribution in [-0.4, -0.2) is 24.2 Å². The van der Waals surface area contributed by atoms with Gasteiger partial charge in [0.05, 0.1) is 12.8 Å². The number of aromatic nitrogens is 2. The number of ether oxygens (including phenoxy) is 2. The Hall–Kier alpha value is -0.810. The van der Waals surface area contributed by atoms with Crippen molar-refractivity contribution in [2.45, 2.75) is 12.4 Å². The Balaban J connectivity index is 2.93. The standard InChI is InChI=1S/C8H12N2O2S/c1-11-4-7-9-6(5-13)3-8(10-7)12-2/h3,13H,4-5H2,1-2H3. The van der Waals surface area contributed by atoms with Crippen LogP contribution in [0.15, 0.2) is 6.07 Å². The minimum Gasteiger partial charge on any atom is -0.481 e. The molecule has 0 atom stereocenters. The van der Waals surface area contributed by atoms with E-state index in [1.54, 1.807) is 20.3 Å². The van der Waals surface area contributed by atoms with Crippen LogP contribution in [0.2, 0.25) is 0 Å². The second-order valence-corrected chi connectivity index (χ2v) is 2.73. The summed E-state index contributed by atoms with van der Waals surface area (Å²) in [5.41, 5.74) is 0.835. The molecule has 4 nitrogen and oxygen atoms in total. The molecule has 0 spiro atoms. The van der Waals surface area contributed by atoms with E-state index in [0.717, 1.165) is 5.69 Å². The third-order valence-electron chi connectivity index (χ3n) is 1.45. The first kappa shape index (κ1) is 10.3. The van der Waals surface area contributed by atoms with Gasteiger partial charge >= 0.3 is 0 Å². The molecule has 0 aromatic carbocycles. The van der Waals surface area contributed by atoms with Crippen molar-refractivity contribution in [2.24, 2.45) is 0 Å². The highest BCUT2D eigenvalue weighted by molar-refractivity contribution is 7.79. The molecule has 0 bridgehead atoms. The summed E-state index contributed by atoms with van der Waals surface area (Å²) in [7, 11) is 3.17. The van der Waals surface area contributed by atoms with E-state index in [1.165, 1.54) is 0 Å². The zero-order chi connectivity index (χ0) is 9.68. The lowest BCUT2D eigenvalue weighted by atomic mass is 10.4. The van der Waals surface area contributed by atoms with Crippen molar-refractivity contribution in [3.05, 3.63) is 17.6 Å². The number of thiol groups is 1. The largest absolute Gasteiger partial charge is 0.481 e. The molecule has 5 heteroatoms. The van der Waals surface area contributed by atoms with Crippen molar-refractivity contribution in [3.63, 3.8) is 0 Å². The molecular formula is C8H12N2O2S. The molecule has 1 heterocycles. The first-order chi connectivity index (χ1) is 6.30.